The fourth-order valence-corrected chi connectivity index (χ4v) is 2.12. The van der Waals surface area contributed by atoms with Crippen LogP contribution in [0.1, 0.15) is 35.2 Å². The predicted octanol–water partition coefficient (Wildman–Crippen LogP) is 0.684. The van der Waals surface area contributed by atoms with Crippen LogP contribution in [0.4, 0.5) is 0 Å². The molecule has 1 aromatic rings. The van der Waals surface area contributed by atoms with Crippen LogP contribution in [0.3, 0.4) is 0 Å². The zero-order chi connectivity index (χ0) is 11.5. The van der Waals surface area contributed by atoms with Crippen molar-refractivity contribution in [2.75, 3.05) is 0 Å². The molecule has 82 valence electrons. The molecule has 0 aliphatic heterocycles. The number of fused-ring (bicyclic) bond motifs is 1. The third-order valence-electron chi connectivity index (χ3n) is 3.00. The molecule has 1 aliphatic carbocycles. The van der Waals surface area contributed by atoms with E-state index in [-0.39, 0.29) is 11.5 Å². The number of ketones is 1. The quantitative estimate of drug-likeness (QED) is 0.393. The maximum atomic E-state index is 12.0. The first-order valence-electron chi connectivity index (χ1n) is 5.57. The number of hydrogen-bond donors (Lipinski definition) is 1. The van der Waals surface area contributed by atoms with Gasteiger partial charge in [-0.05, 0) is 31.2 Å². The lowest BCUT2D eigenvalue weighted by Gasteiger charge is -2.14. The second kappa shape index (κ2) is 4.52. The van der Waals surface area contributed by atoms with Gasteiger partial charge in [0.25, 0.3) is 0 Å². The molecule has 4 heteroatoms. The van der Waals surface area contributed by atoms with Crippen molar-refractivity contribution in [3.05, 3.63) is 29.3 Å². The summed E-state index contributed by atoms with van der Waals surface area (Å²) in [7, 11) is 2.02. The average molecular weight is 215 g/mol. The maximum Gasteiger partial charge on any atom is 0.210 e. The highest BCUT2D eigenvalue weighted by Crippen LogP contribution is 2.18. The van der Waals surface area contributed by atoms with Gasteiger partial charge in [-0.25, -0.2) is 0 Å². The number of carbonyl (C=O) groups is 1. The molecule has 1 N–H and O–H groups in total. The van der Waals surface area contributed by atoms with Crippen LogP contribution in [-0.4, -0.2) is 24.5 Å². The van der Waals surface area contributed by atoms with Crippen molar-refractivity contribution in [1.82, 2.24) is 0 Å². The molecule has 1 aromatic carbocycles. The summed E-state index contributed by atoms with van der Waals surface area (Å²) in [6.07, 6.45) is 3.44. The molecule has 0 spiro atoms. The Balaban J connectivity index is 2.49. The number of oxime groups is 1. The summed E-state index contributed by atoms with van der Waals surface area (Å²) < 4.78 is 0. The van der Waals surface area contributed by atoms with E-state index >= 15 is 0 Å². The van der Waals surface area contributed by atoms with Gasteiger partial charge < -0.3 is 5.21 Å². The molecule has 0 radical (unpaired) electrons. The Morgan fingerprint density at radius 3 is 2.75 bits per heavy atom. The van der Waals surface area contributed by atoms with E-state index in [0.717, 1.165) is 30.3 Å². The predicted molar refractivity (Wildman–Crippen MR) is 65.7 cm³/mol. The van der Waals surface area contributed by atoms with E-state index in [9.17, 15) is 4.79 Å². The third-order valence-corrected chi connectivity index (χ3v) is 3.00. The Hall–Kier alpha value is -1.58. The number of hydrogen-bond acceptors (Lipinski definition) is 3. The normalized spacial score (nSPS) is 19.0. The van der Waals surface area contributed by atoms with Crippen molar-refractivity contribution < 1.29 is 10.0 Å². The van der Waals surface area contributed by atoms with E-state index in [1.807, 2.05) is 26.0 Å². The van der Waals surface area contributed by atoms with Crippen LogP contribution >= 0.6 is 0 Å². The number of rotatable bonds is 0. The summed E-state index contributed by atoms with van der Waals surface area (Å²) in [5.74, 6) is -0.128. The second-order valence-corrected chi connectivity index (χ2v) is 4.24. The molecule has 0 saturated heterocycles. The lowest BCUT2D eigenvalue weighted by Crippen LogP contribution is -2.20. The minimum absolute atomic E-state index is 0.128. The maximum absolute atomic E-state index is 12.0. The topological polar surface area (TPSA) is 49.7 Å². The molecule has 0 heterocycles. The van der Waals surface area contributed by atoms with E-state index < -0.39 is 0 Å². The largest absolute Gasteiger partial charge is 0.411 e. The van der Waals surface area contributed by atoms with Crippen LogP contribution < -0.4 is 5.46 Å². The minimum Gasteiger partial charge on any atom is -0.411 e. The first-order valence-corrected chi connectivity index (χ1v) is 5.57. The van der Waals surface area contributed by atoms with Crippen molar-refractivity contribution in [3.63, 3.8) is 0 Å². The molecule has 2 rings (SSSR count). The fraction of sp³-hybridized carbons (Fsp3) is 0.333. The highest BCUT2D eigenvalue weighted by atomic mass is 16.4. The number of carbonyl (C=O) groups excluding carboxylic acids is 1. The number of aryl methyl sites for hydroxylation is 1. The summed E-state index contributed by atoms with van der Waals surface area (Å²) in [5, 5.41) is 11.9. The van der Waals surface area contributed by atoms with E-state index in [1.165, 1.54) is 0 Å². The smallest absolute Gasteiger partial charge is 0.210 e. The highest BCUT2D eigenvalue weighted by molar-refractivity contribution is 6.46. The first-order chi connectivity index (χ1) is 7.72. The molecular formula is C12H14BNO2. The van der Waals surface area contributed by atoms with Gasteiger partial charge in [0.1, 0.15) is 13.6 Å². The first kappa shape index (κ1) is 10.9. The second-order valence-electron chi connectivity index (χ2n) is 4.24. The molecule has 0 fully saturated rings. The van der Waals surface area contributed by atoms with Gasteiger partial charge in [-0.15, -0.1) is 0 Å². The summed E-state index contributed by atoms with van der Waals surface area (Å²) >= 11 is 0. The molecule has 0 saturated carbocycles. The molecule has 0 amide bonds. The van der Waals surface area contributed by atoms with E-state index in [1.54, 1.807) is 0 Å². The van der Waals surface area contributed by atoms with Crippen LogP contribution in [0.25, 0.3) is 0 Å². The Morgan fingerprint density at radius 1 is 1.25 bits per heavy atom. The molecule has 16 heavy (non-hydrogen) atoms. The molecule has 1 aliphatic rings. The van der Waals surface area contributed by atoms with Crippen LogP contribution in [-0.2, 0) is 6.42 Å². The molecule has 0 aromatic heterocycles. The van der Waals surface area contributed by atoms with Crippen molar-refractivity contribution in [2.24, 2.45) is 5.16 Å². The van der Waals surface area contributed by atoms with Gasteiger partial charge >= 0.3 is 0 Å². The zero-order valence-corrected chi connectivity index (χ0v) is 9.36. The summed E-state index contributed by atoms with van der Waals surface area (Å²) in [5.41, 5.74) is 3.21. The van der Waals surface area contributed by atoms with Gasteiger partial charge in [0.2, 0.25) is 5.78 Å². The summed E-state index contributed by atoms with van der Waals surface area (Å²) in [4.78, 5) is 12.0. The van der Waals surface area contributed by atoms with Crippen molar-refractivity contribution >= 4 is 24.8 Å². The Bertz CT molecular complexity index is 454. The zero-order valence-electron chi connectivity index (χ0n) is 9.36. The lowest BCUT2D eigenvalue weighted by molar-refractivity contribution is 0.105. The van der Waals surface area contributed by atoms with Gasteiger partial charge in [-0.3, -0.25) is 4.79 Å². The summed E-state index contributed by atoms with van der Waals surface area (Å²) in [6, 6.07) is 5.81. The molecule has 0 bridgehead atoms. The van der Waals surface area contributed by atoms with Crippen molar-refractivity contribution in [2.45, 2.75) is 25.7 Å². The monoisotopic (exact) mass is 215 g/mol. The Morgan fingerprint density at radius 2 is 2.00 bits per heavy atom. The summed E-state index contributed by atoms with van der Waals surface area (Å²) in [6.45, 7) is 0. The van der Waals surface area contributed by atoms with Gasteiger partial charge in [-0.1, -0.05) is 28.8 Å². The highest BCUT2D eigenvalue weighted by Gasteiger charge is 2.20. The van der Waals surface area contributed by atoms with Gasteiger partial charge in [0.05, 0.1) is 0 Å². The minimum atomic E-state index is -0.128. The fourth-order valence-electron chi connectivity index (χ4n) is 2.12. The van der Waals surface area contributed by atoms with Crippen LogP contribution in [0, 0.1) is 0 Å². The van der Waals surface area contributed by atoms with Crippen LogP contribution in [0.5, 0.6) is 0 Å². The molecular weight excluding hydrogens is 201 g/mol. The number of nitrogens with zero attached hydrogens (tertiary/aromatic N) is 1. The molecule has 0 atom stereocenters. The Labute approximate surface area is 95.6 Å². The van der Waals surface area contributed by atoms with Gasteiger partial charge in [-0.2, -0.15) is 0 Å². The third kappa shape index (κ3) is 2.01. The van der Waals surface area contributed by atoms with E-state index in [4.69, 9.17) is 5.21 Å². The molecule has 3 nitrogen and oxygen atoms in total. The number of benzene rings is 1. The average Bonchev–Trinajstić information content (AvgIpc) is 2.26. The molecule has 0 unspecified atom stereocenters. The van der Waals surface area contributed by atoms with E-state index in [2.05, 4.69) is 5.16 Å². The van der Waals surface area contributed by atoms with Crippen molar-refractivity contribution in [1.29, 1.82) is 0 Å². The van der Waals surface area contributed by atoms with Crippen molar-refractivity contribution in [3.8, 4) is 0 Å². The standard InChI is InChI=1S/C12H14BNO2/c13-9-5-6-10-8(7-9)3-1-2-4-11(14-16)12(10)15/h5-7,16H,1-4,13H2/b14-11+. The van der Waals surface area contributed by atoms with Gasteiger partial charge in [0.15, 0.2) is 0 Å². The number of Topliss-reactive ketones (excluding diaryl/α,β-unsaturated/α-hetero) is 1. The SMILES string of the molecule is Bc1ccc2c(c1)CCCC/C(=N\O)C2=O. The van der Waals surface area contributed by atoms with Crippen LogP contribution in [0.2, 0.25) is 0 Å². The Kier molecular flexibility index (Phi) is 3.08. The lowest BCUT2D eigenvalue weighted by atomic mass is 9.86. The van der Waals surface area contributed by atoms with E-state index in [0.29, 0.717) is 12.0 Å². The van der Waals surface area contributed by atoms with Crippen LogP contribution in [0.15, 0.2) is 23.4 Å². The van der Waals surface area contributed by atoms with Gasteiger partial charge in [0, 0.05) is 5.56 Å².